The Morgan fingerprint density at radius 3 is 2.62 bits per heavy atom. The Balaban J connectivity index is 2.54. The second-order valence-electron chi connectivity index (χ2n) is 4.06. The summed E-state index contributed by atoms with van der Waals surface area (Å²) >= 11 is 6.01. The Bertz CT molecular complexity index is 686. The minimum Gasteiger partial charge on any atom is -0.870 e. The van der Waals surface area contributed by atoms with Crippen LogP contribution < -0.4 is 9.84 Å². The molecular weight excluding hydrogens is 316 g/mol. The third-order valence-electron chi connectivity index (χ3n) is 2.77. The molecule has 1 aliphatic heterocycles. The zero-order valence-corrected chi connectivity index (χ0v) is 12.6. The van der Waals surface area contributed by atoms with Gasteiger partial charge in [0.1, 0.15) is 10.1 Å². The second-order valence-corrected chi connectivity index (χ2v) is 5.74. The van der Waals surface area contributed by atoms with Crippen LogP contribution in [0.15, 0.2) is 17.0 Å². The molecule has 0 aliphatic carbocycles. The lowest BCUT2D eigenvalue weighted by atomic mass is 10.1. The van der Waals surface area contributed by atoms with Crippen molar-refractivity contribution in [2.45, 2.75) is 0 Å². The third-order valence-corrected chi connectivity index (χ3v) is 4.26. The first kappa shape index (κ1) is 15.3. The van der Waals surface area contributed by atoms with Crippen molar-refractivity contribution in [3.8, 4) is 11.5 Å². The molecular formula is C12H9N2O5S2-. The highest BCUT2D eigenvalue weighted by molar-refractivity contribution is 8.26. The van der Waals surface area contributed by atoms with Crippen molar-refractivity contribution >= 4 is 46.0 Å². The molecule has 9 heteroatoms. The number of nitrogens with zero attached hydrogens (tertiary/aromatic N) is 2. The predicted octanol–water partition coefficient (Wildman–Crippen LogP) is 1.51. The maximum absolute atomic E-state index is 12.1. The number of benzene rings is 1. The zero-order chi connectivity index (χ0) is 15.7. The summed E-state index contributed by atoms with van der Waals surface area (Å²) in [5.74, 6) is -1.03. The molecule has 0 aromatic heterocycles. The number of nitro benzene ring substituents is 1. The molecule has 0 bridgehead atoms. The number of carbonyl (C=O) groups is 1. The van der Waals surface area contributed by atoms with Crippen LogP contribution in [0.5, 0.6) is 11.5 Å². The molecule has 0 radical (unpaired) electrons. The first-order valence-corrected chi connectivity index (χ1v) is 6.82. The van der Waals surface area contributed by atoms with Crippen molar-refractivity contribution in [3.05, 3.63) is 32.7 Å². The van der Waals surface area contributed by atoms with E-state index in [9.17, 15) is 20.0 Å². The Labute approximate surface area is 129 Å². The fraction of sp³-hybridized carbons (Fsp3) is 0.167. The van der Waals surface area contributed by atoms with Gasteiger partial charge in [-0.05, 0) is 11.6 Å². The van der Waals surface area contributed by atoms with Crippen molar-refractivity contribution < 1.29 is 19.6 Å². The van der Waals surface area contributed by atoms with Crippen LogP contribution in [0.4, 0.5) is 5.69 Å². The number of thiocarbonyl (C=S) groups is 1. The van der Waals surface area contributed by atoms with Gasteiger partial charge in [0.2, 0.25) is 0 Å². The molecule has 110 valence electrons. The van der Waals surface area contributed by atoms with Gasteiger partial charge in [0.15, 0.2) is 0 Å². The van der Waals surface area contributed by atoms with E-state index in [1.54, 1.807) is 0 Å². The van der Waals surface area contributed by atoms with Gasteiger partial charge in [0, 0.05) is 13.1 Å². The van der Waals surface area contributed by atoms with Crippen molar-refractivity contribution in [1.29, 1.82) is 0 Å². The number of non-ortho nitro benzene ring substituents is 1. The quantitative estimate of drug-likeness (QED) is 0.360. The molecule has 1 amide bonds. The number of carbonyl (C=O) groups excluding carboxylic acids is 1. The van der Waals surface area contributed by atoms with Crippen molar-refractivity contribution in [1.82, 2.24) is 4.90 Å². The molecule has 0 N–H and O–H groups in total. The smallest absolute Gasteiger partial charge is 0.273 e. The summed E-state index contributed by atoms with van der Waals surface area (Å²) in [5, 5.41) is 22.9. The first-order chi connectivity index (χ1) is 9.85. The van der Waals surface area contributed by atoms with E-state index in [0.29, 0.717) is 4.32 Å². The van der Waals surface area contributed by atoms with Crippen LogP contribution in [0.1, 0.15) is 5.56 Å². The largest absolute Gasteiger partial charge is 0.870 e. The van der Waals surface area contributed by atoms with E-state index < -0.39 is 10.7 Å². The van der Waals surface area contributed by atoms with E-state index in [4.69, 9.17) is 17.0 Å². The lowest BCUT2D eigenvalue weighted by Gasteiger charge is -2.15. The Morgan fingerprint density at radius 1 is 1.48 bits per heavy atom. The second kappa shape index (κ2) is 5.70. The monoisotopic (exact) mass is 325 g/mol. The summed E-state index contributed by atoms with van der Waals surface area (Å²) in [6, 6.07) is 2.15. The van der Waals surface area contributed by atoms with Gasteiger partial charge in [-0.15, -0.1) is 0 Å². The number of ether oxygens (including phenoxy) is 1. The number of methoxy groups -OCH3 is 1. The minimum absolute atomic E-state index is 0.00926. The molecule has 0 atom stereocenters. The summed E-state index contributed by atoms with van der Waals surface area (Å²) in [7, 11) is 2.76. The van der Waals surface area contributed by atoms with Gasteiger partial charge >= 0.3 is 0 Å². The fourth-order valence-electron chi connectivity index (χ4n) is 1.66. The number of thioether (sulfide) groups is 1. The number of nitro groups is 1. The van der Waals surface area contributed by atoms with Crippen LogP contribution in [0.3, 0.4) is 0 Å². The number of amides is 1. The van der Waals surface area contributed by atoms with Crippen LogP contribution in [0.25, 0.3) is 6.08 Å². The molecule has 21 heavy (non-hydrogen) atoms. The van der Waals surface area contributed by atoms with Gasteiger partial charge < -0.3 is 9.84 Å². The molecule has 7 nitrogen and oxygen atoms in total. The highest BCUT2D eigenvalue weighted by Gasteiger charge is 2.29. The van der Waals surface area contributed by atoms with Gasteiger partial charge in [0.05, 0.1) is 23.0 Å². The van der Waals surface area contributed by atoms with Crippen molar-refractivity contribution in [2.75, 3.05) is 14.2 Å². The Morgan fingerprint density at radius 2 is 2.14 bits per heavy atom. The van der Waals surface area contributed by atoms with Crippen LogP contribution in [-0.2, 0) is 4.79 Å². The lowest BCUT2D eigenvalue weighted by Crippen LogP contribution is -2.22. The summed E-state index contributed by atoms with van der Waals surface area (Å²) in [4.78, 5) is 23.6. The molecule has 0 unspecified atom stereocenters. The SMILES string of the molecule is COc1cc([N+](=O)[O-])cc(/C=C2/SC(=S)N(C)C2=O)c1[O-]. The number of likely N-dealkylation sites (N-methyl/N-ethyl adjacent to an activating group) is 1. The molecule has 1 heterocycles. The molecule has 1 aliphatic rings. The summed E-state index contributed by atoms with van der Waals surface area (Å²) in [6.45, 7) is 0. The summed E-state index contributed by atoms with van der Waals surface area (Å²) < 4.78 is 5.19. The third kappa shape index (κ3) is 2.83. The fourth-order valence-corrected chi connectivity index (χ4v) is 2.83. The Kier molecular flexibility index (Phi) is 4.14. The molecule has 1 saturated heterocycles. The van der Waals surface area contributed by atoms with Crippen LogP contribution >= 0.6 is 24.0 Å². The summed E-state index contributed by atoms with van der Waals surface area (Å²) in [6.07, 6.45) is 1.29. The minimum atomic E-state index is -0.635. The zero-order valence-electron chi connectivity index (χ0n) is 11.0. The molecule has 0 saturated carbocycles. The van der Waals surface area contributed by atoms with Crippen LogP contribution in [0, 0.1) is 10.1 Å². The molecule has 0 spiro atoms. The van der Waals surface area contributed by atoms with Gasteiger partial charge in [-0.2, -0.15) is 0 Å². The van der Waals surface area contributed by atoms with E-state index >= 15 is 0 Å². The molecule has 2 rings (SSSR count). The average Bonchev–Trinajstić information content (AvgIpc) is 2.68. The van der Waals surface area contributed by atoms with E-state index in [2.05, 4.69) is 0 Å². The first-order valence-electron chi connectivity index (χ1n) is 5.60. The van der Waals surface area contributed by atoms with Gasteiger partial charge in [-0.3, -0.25) is 19.8 Å². The molecule has 1 aromatic rings. The average molecular weight is 325 g/mol. The number of hydrogen-bond donors (Lipinski definition) is 0. The van der Waals surface area contributed by atoms with Crippen LogP contribution in [0.2, 0.25) is 0 Å². The van der Waals surface area contributed by atoms with Crippen molar-refractivity contribution in [2.24, 2.45) is 0 Å². The van der Waals surface area contributed by atoms with Gasteiger partial charge in [-0.1, -0.05) is 29.7 Å². The van der Waals surface area contributed by atoms with E-state index in [-0.39, 0.29) is 27.8 Å². The Hall–Kier alpha value is -2.13. The topological polar surface area (TPSA) is 95.7 Å². The van der Waals surface area contributed by atoms with E-state index in [1.165, 1.54) is 25.1 Å². The standard InChI is InChI=1S/C12H10N2O5S2/c1-13-11(16)9(21-12(13)20)4-6-3-7(14(17)18)5-8(19-2)10(6)15/h3-5,15H,1-2H3/p-1/b9-4+. The molecule has 1 aromatic carbocycles. The highest BCUT2D eigenvalue weighted by Crippen LogP contribution is 2.37. The maximum atomic E-state index is 12.1. The normalized spacial score (nSPS) is 16.7. The van der Waals surface area contributed by atoms with Crippen LogP contribution in [-0.4, -0.2) is 34.2 Å². The van der Waals surface area contributed by atoms with E-state index in [1.807, 2.05) is 0 Å². The predicted molar refractivity (Wildman–Crippen MR) is 80.0 cm³/mol. The van der Waals surface area contributed by atoms with Gasteiger partial charge in [-0.25, -0.2) is 0 Å². The summed E-state index contributed by atoms with van der Waals surface area (Å²) in [5.41, 5.74) is -0.278. The maximum Gasteiger partial charge on any atom is 0.273 e. The van der Waals surface area contributed by atoms with Gasteiger partial charge in [0.25, 0.3) is 11.6 Å². The highest BCUT2D eigenvalue weighted by atomic mass is 32.2. The van der Waals surface area contributed by atoms with E-state index in [0.717, 1.165) is 23.9 Å². The number of hydrogen-bond acceptors (Lipinski definition) is 7. The number of rotatable bonds is 3. The molecule has 1 fully saturated rings. The lowest BCUT2D eigenvalue weighted by molar-refractivity contribution is -0.385. The van der Waals surface area contributed by atoms with Crippen molar-refractivity contribution in [3.63, 3.8) is 0 Å².